The van der Waals surface area contributed by atoms with Crippen LogP contribution in [0.4, 0.5) is 14.6 Å². The number of rotatable bonds is 7. The number of fused-ring (bicyclic) bond motifs is 4. The number of likely N-dealkylation sites (tertiary alicyclic amines) is 1. The summed E-state index contributed by atoms with van der Waals surface area (Å²) >= 11 is 0. The van der Waals surface area contributed by atoms with E-state index >= 15 is 4.39 Å². The van der Waals surface area contributed by atoms with Gasteiger partial charge in [0.1, 0.15) is 18.2 Å². The molecule has 0 radical (unpaired) electrons. The Hall–Kier alpha value is -4.10. The summed E-state index contributed by atoms with van der Waals surface area (Å²) in [5, 5.41) is 9.99. The van der Waals surface area contributed by atoms with Crippen LogP contribution in [0.3, 0.4) is 0 Å². The molecule has 4 atom stereocenters. The summed E-state index contributed by atoms with van der Waals surface area (Å²) in [4.78, 5) is 27.5. The van der Waals surface area contributed by atoms with Gasteiger partial charge in [-0.25, -0.2) is 8.78 Å². The lowest BCUT2D eigenvalue weighted by Crippen LogP contribution is -2.55. The molecule has 2 aromatic carbocycles. The first-order valence-corrected chi connectivity index (χ1v) is 15.1. The number of anilines is 1. The van der Waals surface area contributed by atoms with Crippen LogP contribution < -0.4 is 9.64 Å². The van der Waals surface area contributed by atoms with Gasteiger partial charge < -0.3 is 19.4 Å². The minimum Gasteiger partial charge on any atom is -0.462 e. The van der Waals surface area contributed by atoms with Crippen LogP contribution in [0.1, 0.15) is 42.7 Å². The van der Waals surface area contributed by atoms with Crippen molar-refractivity contribution in [2.45, 2.75) is 50.1 Å². The van der Waals surface area contributed by atoms with Crippen LogP contribution in [0.5, 0.6) is 6.01 Å². The molecule has 43 heavy (non-hydrogen) atoms. The monoisotopic (exact) mass is 584 g/mol. The number of ether oxygens (including phenoxy) is 1. The lowest BCUT2D eigenvalue weighted by atomic mass is 9.93. The predicted octanol–water partition coefficient (Wildman–Crippen LogP) is 4.98. The molecule has 2 aliphatic heterocycles. The van der Waals surface area contributed by atoms with Crippen molar-refractivity contribution in [3.63, 3.8) is 0 Å². The number of amides is 1. The third-order valence-electron chi connectivity index (χ3n) is 9.68. The zero-order valence-corrected chi connectivity index (χ0v) is 24.2. The largest absolute Gasteiger partial charge is 0.462 e. The molecule has 3 aromatic rings. The quantitative estimate of drug-likeness (QED) is 0.362. The van der Waals surface area contributed by atoms with E-state index in [1.165, 1.54) is 22.1 Å². The molecule has 1 saturated carbocycles. The van der Waals surface area contributed by atoms with E-state index < -0.39 is 17.8 Å². The molecule has 4 aliphatic rings. The fraction of sp³-hybridized carbons (Fsp3) is 0.455. The number of benzene rings is 2. The van der Waals surface area contributed by atoms with Crippen LogP contribution in [0, 0.1) is 23.1 Å². The van der Waals surface area contributed by atoms with Gasteiger partial charge in [0.15, 0.2) is 5.83 Å². The summed E-state index contributed by atoms with van der Waals surface area (Å²) in [7, 11) is 2.08. The van der Waals surface area contributed by atoms with Crippen LogP contribution in [0.2, 0.25) is 0 Å². The molecule has 1 amide bonds. The maximum atomic E-state index is 16.1. The Morgan fingerprint density at radius 3 is 2.81 bits per heavy atom. The number of aromatic nitrogens is 2. The maximum absolute atomic E-state index is 16.1. The number of carbonyl (C=O) groups is 1. The molecule has 2 aliphatic carbocycles. The molecule has 3 fully saturated rings. The highest BCUT2D eigenvalue weighted by molar-refractivity contribution is 5.94. The highest BCUT2D eigenvalue weighted by Gasteiger charge is 2.46. The molecule has 222 valence electrons. The fourth-order valence-electron chi connectivity index (χ4n) is 7.31. The number of nitrogens with zero attached hydrogens (tertiary/aromatic N) is 6. The number of nitriles is 1. The van der Waals surface area contributed by atoms with Crippen LogP contribution in [0.25, 0.3) is 22.0 Å². The van der Waals surface area contributed by atoms with Crippen molar-refractivity contribution in [3.8, 4) is 23.2 Å². The average molecular weight is 585 g/mol. The number of likely N-dealkylation sites (N-methyl/N-ethyl adjacent to an activating group) is 1. The van der Waals surface area contributed by atoms with Crippen LogP contribution in [-0.2, 0) is 11.2 Å². The summed E-state index contributed by atoms with van der Waals surface area (Å²) in [6, 6.07) is 11.4. The van der Waals surface area contributed by atoms with Gasteiger partial charge in [-0.3, -0.25) is 4.79 Å². The van der Waals surface area contributed by atoms with Gasteiger partial charge in [0.2, 0.25) is 0 Å². The Labute approximate surface area is 249 Å². The number of carbonyl (C=O) groups excluding carboxylic acids is 1. The number of hydrogen-bond acceptors (Lipinski definition) is 7. The van der Waals surface area contributed by atoms with Gasteiger partial charge in [0, 0.05) is 36.6 Å². The van der Waals surface area contributed by atoms with Crippen molar-refractivity contribution in [1.82, 2.24) is 19.8 Å². The van der Waals surface area contributed by atoms with E-state index in [1.54, 1.807) is 6.07 Å². The second-order valence-corrected chi connectivity index (χ2v) is 12.3. The Morgan fingerprint density at radius 2 is 2.05 bits per heavy atom. The first-order valence-electron chi connectivity index (χ1n) is 15.1. The first-order chi connectivity index (χ1) is 20.8. The highest BCUT2D eigenvalue weighted by Crippen LogP contribution is 2.58. The normalized spacial score (nSPS) is 24.5. The standard InChI is InChI=1S/C33H34F2N6O2/c1-19(34)32(42)41-12-11-40(17-22(41)8-9-36)31-27-15-28(35)26(24-7-3-5-20-13-21-14-25(21)30(20)24)16-29(27)37-33(38-31)43-18-23-6-4-10-39(23)2/h3,5,7,15-16,21-23,25H,1,4,6,8,10-14,17-18H2,2H3/t21-,22-,23-,25+/m0/s1. The van der Waals surface area contributed by atoms with Crippen molar-refractivity contribution in [2.24, 2.45) is 5.92 Å². The molecule has 1 aromatic heterocycles. The topological polar surface area (TPSA) is 85.6 Å². The van der Waals surface area contributed by atoms with E-state index in [1.807, 2.05) is 17.0 Å². The van der Waals surface area contributed by atoms with Gasteiger partial charge in [-0.2, -0.15) is 15.2 Å². The minimum absolute atomic E-state index is 0.00962. The van der Waals surface area contributed by atoms with Gasteiger partial charge in [0.25, 0.3) is 5.91 Å². The number of hydrogen-bond donors (Lipinski definition) is 0. The second-order valence-electron chi connectivity index (χ2n) is 12.3. The summed E-state index contributed by atoms with van der Waals surface area (Å²) < 4.78 is 36.0. The van der Waals surface area contributed by atoms with Crippen molar-refractivity contribution >= 4 is 22.6 Å². The molecular formula is C33H34F2N6O2. The summed E-state index contributed by atoms with van der Waals surface area (Å²) in [6.07, 6.45) is 4.36. The van der Waals surface area contributed by atoms with E-state index in [-0.39, 0.29) is 37.4 Å². The molecule has 8 nitrogen and oxygen atoms in total. The van der Waals surface area contributed by atoms with E-state index in [0.717, 1.165) is 37.8 Å². The van der Waals surface area contributed by atoms with Gasteiger partial charge in [-0.1, -0.05) is 24.8 Å². The van der Waals surface area contributed by atoms with Gasteiger partial charge in [0.05, 0.1) is 24.0 Å². The number of halogens is 2. The molecule has 3 heterocycles. The molecule has 0 bridgehead atoms. The van der Waals surface area contributed by atoms with E-state index in [4.69, 9.17) is 14.7 Å². The van der Waals surface area contributed by atoms with Gasteiger partial charge in [-0.15, -0.1) is 0 Å². The van der Waals surface area contributed by atoms with Crippen molar-refractivity contribution in [2.75, 3.05) is 44.7 Å². The average Bonchev–Trinajstić information content (AvgIpc) is 3.47. The Bertz CT molecular complexity index is 1670. The molecule has 0 N–H and O–H groups in total. The molecular weight excluding hydrogens is 550 g/mol. The summed E-state index contributed by atoms with van der Waals surface area (Å²) in [5.74, 6) is -0.589. The van der Waals surface area contributed by atoms with E-state index in [0.29, 0.717) is 47.3 Å². The SMILES string of the molecule is C=C(F)C(=O)N1CCN(c2nc(OC[C@@H]3CCCN3C)nc3cc(-c4cccc5c4[C@@H]4C[C@@H]4C5)c(F)cc23)C[C@@H]1CC#N. The summed E-state index contributed by atoms with van der Waals surface area (Å²) in [5.41, 5.74) is 4.56. The van der Waals surface area contributed by atoms with Crippen LogP contribution in [0.15, 0.2) is 42.7 Å². The lowest BCUT2D eigenvalue weighted by Gasteiger charge is -2.41. The molecule has 0 unspecified atom stereocenters. The predicted molar refractivity (Wildman–Crippen MR) is 159 cm³/mol. The zero-order valence-electron chi connectivity index (χ0n) is 24.2. The highest BCUT2D eigenvalue weighted by atomic mass is 19.1. The maximum Gasteiger partial charge on any atom is 0.319 e. The minimum atomic E-state index is -1.06. The summed E-state index contributed by atoms with van der Waals surface area (Å²) in [6.45, 7) is 5.30. The van der Waals surface area contributed by atoms with Crippen LogP contribution in [-0.4, -0.2) is 77.6 Å². The lowest BCUT2D eigenvalue weighted by molar-refractivity contribution is -0.131. The number of piperazine rings is 1. The fourth-order valence-corrected chi connectivity index (χ4v) is 7.31. The molecule has 7 rings (SSSR count). The van der Waals surface area contributed by atoms with Gasteiger partial charge in [-0.05, 0) is 79.9 Å². The smallest absolute Gasteiger partial charge is 0.319 e. The van der Waals surface area contributed by atoms with Crippen molar-refractivity contribution in [3.05, 3.63) is 59.7 Å². The Kier molecular flexibility index (Phi) is 7.01. The third kappa shape index (κ3) is 4.99. The van der Waals surface area contributed by atoms with Crippen LogP contribution >= 0.6 is 0 Å². The zero-order chi connectivity index (χ0) is 29.8. The molecule has 10 heteroatoms. The third-order valence-corrected chi connectivity index (χ3v) is 9.68. The molecule has 2 saturated heterocycles. The van der Waals surface area contributed by atoms with E-state index in [9.17, 15) is 14.4 Å². The second kappa shape index (κ2) is 10.9. The Balaban J connectivity index is 1.29. The Morgan fingerprint density at radius 1 is 1.19 bits per heavy atom. The van der Waals surface area contributed by atoms with Gasteiger partial charge >= 0.3 is 6.01 Å². The van der Waals surface area contributed by atoms with Crippen molar-refractivity contribution in [1.29, 1.82) is 5.26 Å². The molecule has 0 spiro atoms. The van der Waals surface area contributed by atoms with E-state index in [2.05, 4.69) is 30.7 Å². The first kappa shape index (κ1) is 27.7. The van der Waals surface area contributed by atoms with Crippen molar-refractivity contribution < 1.29 is 18.3 Å².